The average Bonchev–Trinajstić information content (AvgIpc) is 3.51. The van der Waals surface area contributed by atoms with E-state index in [1.807, 2.05) is 19.1 Å². The number of ketones is 1. The number of halogens is 3. The first-order valence-corrected chi connectivity index (χ1v) is 17.7. The van der Waals surface area contributed by atoms with Crippen LogP contribution in [-0.4, -0.2) is 78.3 Å². The van der Waals surface area contributed by atoms with Crippen molar-refractivity contribution < 1.29 is 32.3 Å². The number of hydrogen-bond donors (Lipinski definition) is 3. The van der Waals surface area contributed by atoms with E-state index >= 15 is 0 Å². The number of carbonyl (C=O) groups excluding carboxylic acids is 4. The third-order valence-electron chi connectivity index (χ3n) is 11.7. The van der Waals surface area contributed by atoms with Gasteiger partial charge >= 0.3 is 6.18 Å². The van der Waals surface area contributed by atoms with Crippen LogP contribution >= 0.6 is 0 Å². The van der Waals surface area contributed by atoms with E-state index in [9.17, 15) is 32.3 Å². The normalized spacial score (nSPS) is 26.7. The molecule has 2 saturated carbocycles. The van der Waals surface area contributed by atoms with Crippen LogP contribution in [-0.2, 0) is 27.1 Å². The number of nitrogens with zero attached hydrogens (tertiary/aromatic N) is 6. The van der Waals surface area contributed by atoms with Gasteiger partial charge in [0.1, 0.15) is 35.6 Å². The molecule has 2 saturated heterocycles. The van der Waals surface area contributed by atoms with Crippen molar-refractivity contribution in [2.75, 3.05) is 23.7 Å². The van der Waals surface area contributed by atoms with Crippen molar-refractivity contribution in [1.29, 1.82) is 0 Å². The Morgan fingerprint density at radius 2 is 1.77 bits per heavy atom. The molecule has 4 fully saturated rings. The number of benzene rings is 1. The number of aromatic nitrogens is 5. The number of carbonyl (C=O) groups is 4. The highest BCUT2D eigenvalue weighted by Gasteiger charge is 3.03. The summed E-state index contributed by atoms with van der Waals surface area (Å²) < 4.78 is 42.1. The molecule has 3 amide bonds. The fourth-order valence-electron chi connectivity index (χ4n) is 9.08. The van der Waals surface area contributed by atoms with Crippen molar-refractivity contribution in [3.8, 4) is 11.1 Å². The molecule has 3 N–H and O–H groups in total. The second-order valence-electron chi connectivity index (χ2n) is 14.8. The molecule has 1 spiro atoms. The van der Waals surface area contributed by atoms with Crippen LogP contribution in [0.2, 0.25) is 0 Å². The zero-order valence-electron chi connectivity index (χ0n) is 29.6. The summed E-state index contributed by atoms with van der Waals surface area (Å²) in [6, 6.07) is 4.38. The van der Waals surface area contributed by atoms with Crippen molar-refractivity contribution >= 4 is 45.9 Å². The molecule has 16 heteroatoms. The zero-order chi connectivity index (χ0) is 37.6. The summed E-state index contributed by atoms with van der Waals surface area (Å²) >= 11 is 0. The lowest BCUT2D eigenvalue weighted by Crippen LogP contribution is -2.45. The SMILES string of the molecule is CC(=O)c1nn2c3c(cc(-c4cnc(C)nc4)cc13)NCCCCCC(=O)NC[C@@]13C4[C@@H](C(=O)Nc5nc(C(F)(F)F)ccc5C)N(C(=O)C2)[C@@H]1[C@]43C. The maximum atomic E-state index is 14.6. The van der Waals surface area contributed by atoms with E-state index in [4.69, 9.17) is 0 Å². The number of anilines is 2. The van der Waals surface area contributed by atoms with Crippen molar-refractivity contribution in [2.24, 2.45) is 16.7 Å². The minimum Gasteiger partial charge on any atom is -0.383 e. The van der Waals surface area contributed by atoms with E-state index in [-0.39, 0.29) is 42.2 Å². The van der Waals surface area contributed by atoms with Gasteiger partial charge in [0.05, 0.1) is 11.2 Å². The van der Waals surface area contributed by atoms with Crippen LogP contribution in [0.5, 0.6) is 0 Å². The van der Waals surface area contributed by atoms with Gasteiger partial charge in [0.15, 0.2) is 5.78 Å². The Morgan fingerprint density at radius 1 is 1.02 bits per heavy atom. The van der Waals surface area contributed by atoms with Gasteiger partial charge in [0, 0.05) is 72.6 Å². The predicted molar refractivity (Wildman–Crippen MR) is 187 cm³/mol. The molecule has 13 nitrogen and oxygen atoms in total. The van der Waals surface area contributed by atoms with Crippen LogP contribution in [0.4, 0.5) is 24.7 Å². The molecule has 5 aliphatic rings. The molecule has 1 unspecified atom stereocenters. The maximum Gasteiger partial charge on any atom is 0.433 e. The van der Waals surface area contributed by atoms with Gasteiger partial charge in [-0.2, -0.15) is 18.3 Å². The lowest BCUT2D eigenvalue weighted by atomic mass is 9.98. The number of piperidine rings is 1. The number of amides is 3. The second-order valence-corrected chi connectivity index (χ2v) is 14.8. The Balaban J connectivity index is 1.20. The van der Waals surface area contributed by atoms with Gasteiger partial charge in [0.2, 0.25) is 17.7 Å². The van der Waals surface area contributed by atoms with Gasteiger partial charge in [-0.3, -0.25) is 23.9 Å². The van der Waals surface area contributed by atoms with Crippen LogP contribution < -0.4 is 16.0 Å². The van der Waals surface area contributed by atoms with Crippen LogP contribution in [0.15, 0.2) is 36.7 Å². The topological polar surface area (TPSA) is 164 Å². The second kappa shape index (κ2) is 12.1. The smallest absolute Gasteiger partial charge is 0.383 e. The summed E-state index contributed by atoms with van der Waals surface area (Å²) in [5.74, 6) is -1.51. The van der Waals surface area contributed by atoms with Gasteiger partial charge in [-0.1, -0.05) is 19.4 Å². The standard InChI is InChI=1S/C37H38F3N9O4/c1-18-9-10-25(37(38,39)40)45-32(18)46-33(53)30-31-35(4)34-36(31,35)17-44-26(51)8-6-5-7-11-41-24-13-21(22-14-42-20(3)43-15-22)12-23-28(19(2)50)47-48(29(23)24)16-27(52)49(30)34/h9-10,12-15,30-31,34,41H,5-8,11,16-17H2,1-4H3,(H,44,51)(H,45,46,53)/t30-,31?,34+,35-,36+/m0/s1. The number of hydrogen-bond acceptors (Lipinski definition) is 9. The van der Waals surface area contributed by atoms with E-state index < -0.39 is 46.6 Å². The summed E-state index contributed by atoms with van der Waals surface area (Å²) in [4.78, 5) is 68.5. The molecule has 0 radical (unpaired) electrons. The zero-order valence-corrected chi connectivity index (χ0v) is 29.6. The molecule has 1 aromatic carbocycles. The predicted octanol–water partition coefficient (Wildman–Crippen LogP) is 4.68. The van der Waals surface area contributed by atoms with Crippen LogP contribution in [0.1, 0.15) is 67.1 Å². The summed E-state index contributed by atoms with van der Waals surface area (Å²) in [7, 11) is 0. The van der Waals surface area contributed by atoms with Crippen LogP contribution in [0.25, 0.3) is 22.0 Å². The Hall–Kier alpha value is -5.41. The van der Waals surface area contributed by atoms with Crippen molar-refractivity contribution in [3.05, 3.63) is 59.4 Å². The molecule has 53 heavy (non-hydrogen) atoms. The number of alkyl halides is 3. The van der Waals surface area contributed by atoms with E-state index in [0.29, 0.717) is 47.4 Å². The third kappa shape index (κ3) is 5.35. The molecule has 9 rings (SSSR count). The number of rotatable bonds is 4. The summed E-state index contributed by atoms with van der Waals surface area (Å²) in [6.07, 6.45) is 1.18. The van der Waals surface area contributed by atoms with E-state index in [1.165, 1.54) is 29.5 Å². The summed E-state index contributed by atoms with van der Waals surface area (Å²) in [5.41, 5.74) is 0.940. The Morgan fingerprint density at radius 3 is 2.49 bits per heavy atom. The van der Waals surface area contributed by atoms with Gasteiger partial charge in [-0.25, -0.2) is 15.0 Å². The lowest BCUT2D eigenvalue weighted by molar-refractivity contribution is -0.141. The summed E-state index contributed by atoms with van der Waals surface area (Å²) in [5, 5.41) is 14.3. The lowest BCUT2D eigenvalue weighted by Gasteiger charge is -2.24. The molecule has 6 heterocycles. The first-order chi connectivity index (χ1) is 25.2. The fraction of sp³-hybridized carbons (Fsp3) is 0.459. The van der Waals surface area contributed by atoms with Gasteiger partial charge < -0.3 is 20.9 Å². The number of aryl methyl sites for hydroxylation is 2. The minimum absolute atomic E-state index is 0.119. The molecule has 2 aliphatic carbocycles. The fourth-order valence-corrected chi connectivity index (χ4v) is 9.08. The molecule has 3 aliphatic heterocycles. The monoisotopic (exact) mass is 729 g/mol. The molecular weight excluding hydrogens is 691 g/mol. The Kier molecular flexibility index (Phi) is 7.89. The molecule has 3 aromatic heterocycles. The third-order valence-corrected chi connectivity index (χ3v) is 11.7. The van der Waals surface area contributed by atoms with Crippen LogP contribution in [0.3, 0.4) is 0 Å². The molecule has 276 valence electrons. The largest absolute Gasteiger partial charge is 0.433 e. The quantitative estimate of drug-likeness (QED) is 0.253. The van der Waals surface area contributed by atoms with Gasteiger partial charge in [-0.05, 0) is 56.0 Å². The number of pyridine rings is 1. The molecular formula is C37H38F3N9O4. The Labute approximate surface area is 302 Å². The number of nitrogens with one attached hydrogen (secondary N) is 3. The van der Waals surface area contributed by atoms with Crippen molar-refractivity contribution in [2.45, 2.75) is 78.2 Å². The van der Waals surface area contributed by atoms with Crippen molar-refractivity contribution in [1.82, 2.24) is 34.9 Å². The average molecular weight is 730 g/mol. The first-order valence-electron chi connectivity index (χ1n) is 17.7. The van der Waals surface area contributed by atoms with E-state index in [1.54, 1.807) is 19.3 Å². The first kappa shape index (κ1) is 34.7. The summed E-state index contributed by atoms with van der Waals surface area (Å²) in [6.45, 7) is 7.19. The molecule has 4 aromatic rings. The highest BCUT2D eigenvalue weighted by molar-refractivity contribution is 6.09. The molecule has 4 bridgehead atoms. The van der Waals surface area contributed by atoms with Gasteiger partial charge in [-0.15, -0.1) is 0 Å². The Bertz CT molecular complexity index is 2220. The highest BCUT2D eigenvalue weighted by atomic mass is 19.4. The van der Waals surface area contributed by atoms with Crippen molar-refractivity contribution in [3.63, 3.8) is 0 Å². The molecule has 5 atom stereocenters. The highest BCUT2D eigenvalue weighted by Crippen LogP contribution is 2.96. The van der Waals surface area contributed by atoms with Crippen LogP contribution in [0, 0.1) is 30.6 Å². The van der Waals surface area contributed by atoms with Gasteiger partial charge in [0.25, 0.3) is 0 Å². The maximum absolute atomic E-state index is 14.6. The minimum atomic E-state index is -4.72. The van der Waals surface area contributed by atoms with E-state index in [2.05, 4.69) is 36.0 Å². The van der Waals surface area contributed by atoms with E-state index in [0.717, 1.165) is 30.0 Å². The number of Topliss-reactive ketones (excluding diaryl/α,β-unsaturated/α-hetero) is 1.